The molecular formula is C15H21F3N2O3. The Morgan fingerprint density at radius 2 is 1.91 bits per heavy atom. The molecule has 3 fully saturated rings. The fourth-order valence-corrected chi connectivity index (χ4v) is 4.51. The summed E-state index contributed by atoms with van der Waals surface area (Å²) < 4.78 is 38.8. The van der Waals surface area contributed by atoms with Gasteiger partial charge in [0.2, 0.25) is 0 Å². The summed E-state index contributed by atoms with van der Waals surface area (Å²) in [6.07, 6.45) is 0.0823. The van der Waals surface area contributed by atoms with Crippen LogP contribution in [0.15, 0.2) is 0 Å². The minimum absolute atomic E-state index is 0.387. The maximum Gasteiger partial charge on any atom is 0.394 e. The number of rotatable bonds is 3. The molecule has 3 unspecified atom stereocenters. The zero-order valence-electron chi connectivity index (χ0n) is 12.7. The molecule has 3 aliphatic rings. The molecule has 0 radical (unpaired) electrons. The van der Waals surface area contributed by atoms with E-state index in [2.05, 4.69) is 5.32 Å². The van der Waals surface area contributed by atoms with E-state index >= 15 is 0 Å². The first-order valence-electron chi connectivity index (χ1n) is 8.08. The van der Waals surface area contributed by atoms with Crippen LogP contribution in [0.1, 0.15) is 25.7 Å². The minimum atomic E-state index is -4.61. The molecule has 0 aromatic rings. The van der Waals surface area contributed by atoms with E-state index in [9.17, 15) is 22.8 Å². The summed E-state index contributed by atoms with van der Waals surface area (Å²) in [5, 5.41) is 11.7. The van der Waals surface area contributed by atoms with Crippen molar-refractivity contribution in [3.05, 3.63) is 0 Å². The molecule has 1 saturated heterocycles. The van der Waals surface area contributed by atoms with Gasteiger partial charge in [-0.05, 0) is 37.0 Å². The van der Waals surface area contributed by atoms with Gasteiger partial charge >= 0.3 is 18.2 Å². The van der Waals surface area contributed by atoms with Gasteiger partial charge in [0.15, 0.2) is 0 Å². The highest BCUT2D eigenvalue weighted by Crippen LogP contribution is 2.48. The Morgan fingerprint density at radius 1 is 1.17 bits per heavy atom. The molecule has 5 nitrogen and oxygen atoms in total. The number of nitrogens with zero attached hydrogens (tertiary/aromatic N) is 1. The normalized spacial score (nSPS) is 36.5. The molecule has 0 aromatic heterocycles. The third kappa shape index (κ3) is 3.26. The predicted octanol–water partition coefficient (Wildman–Crippen LogP) is 2.33. The number of hydrogen-bond acceptors (Lipinski definition) is 2. The number of fused-ring (bicyclic) bond motifs is 2. The lowest BCUT2D eigenvalue weighted by atomic mass is 9.89. The molecular weight excluding hydrogens is 313 g/mol. The van der Waals surface area contributed by atoms with Crippen LogP contribution >= 0.6 is 0 Å². The molecule has 5 atom stereocenters. The predicted molar refractivity (Wildman–Crippen MR) is 74.6 cm³/mol. The molecule has 23 heavy (non-hydrogen) atoms. The van der Waals surface area contributed by atoms with Crippen LogP contribution in [0.25, 0.3) is 0 Å². The summed E-state index contributed by atoms with van der Waals surface area (Å²) in [6.45, 7) is -0.490. The van der Waals surface area contributed by atoms with Crippen LogP contribution in [0, 0.1) is 29.6 Å². The number of hydrogen-bond donors (Lipinski definition) is 2. The maximum absolute atomic E-state index is 12.9. The van der Waals surface area contributed by atoms with E-state index in [-0.39, 0.29) is 6.54 Å². The van der Waals surface area contributed by atoms with Gasteiger partial charge in [-0.1, -0.05) is 6.42 Å². The van der Waals surface area contributed by atoms with Gasteiger partial charge in [-0.2, -0.15) is 13.2 Å². The Kier molecular flexibility index (Phi) is 4.18. The van der Waals surface area contributed by atoms with Crippen molar-refractivity contribution < 1.29 is 27.9 Å². The van der Waals surface area contributed by atoms with Crippen LogP contribution in [0.3, 0.4) is 0 Å². The summed E-state index contributed by atoms with van der Waals surface area (Å²) in [7, 11) is 0. The molecule has 1 heterocycles. The van der Waals surface area contributed by atoms with Crippen molar-refractivity contribution in [2.24, 2.45) is 29.6 Å². The highest BCUT2D eigenvalue weighted by Gasteiger charge is 2.53. The number of halogens is 3. The van der Waals surface area contributed by atoms with Gasteiger partial charge in [-0.25, -0.2) is 4.79 Å². The number of likely N-dealkylation sites (tertiary alicyclic amines) is 1. The summed E-state index contributed by atoms with van der Waals surface area (Å²) in [5.74, 6) is -3.31. The number of aliphatic carboxylic acids is 1. The number of urea groups is 1. The molecule has 2 bridgehead atoms. The van der Waals surface area contributed by atoms with Gasteiger partial charge in [0.05, 0.1) is 11.8 Å². The van der Waals surface area contributed by atoms with Gasteiger partial charge in [-0.3, -0.25) is 4.79 Å². The van der Waals surface area contributed by atoms with Crippen LogP contribution in [0.5, 0.6) is 0 Å². The molecule has 2 saturated carbocycles. The molecule has 0 spiro atoms. The van der Waals surface area contributed by atoms with Gasteiger partial charge in [0.1, 0.15) is 0 Å². The van der Waals surface area contributed by atoms with Crippen molar-refractivity contribution in [1.29, 1.82) is 0 Å². The van der Waals surface area contributed by atoms with E-state index in [1.165, 1.54) is 19.3 Å². The average Bonchev–Trinajstić information content (AvgIpc) is 3.17. The Hall–Kier alpha value is -1.47. The highest BCUT2D eigenvalue weighted by molar-refractivity contribution is 5.77. The van der Waals surface area contributed by atoms with E-state index in [0.717, 1.165) is 17.2 Å². The summed E-state index contributed by atoms with van der Waals surface area (Å²) in [6, 6.07) is -0.578. The number of alkyl halides is 3. The molecule has 130 valence electrons. The number of carboxylic acid groups (broad SMARTS) is 1. The lowest BCUT2D eigenvalue weighted by Crippen LogP contribution is -2.42. The molecule has 2 N–H and O–H groups in total. The van der Waals surface area contributed by atoms with Crippen molar-refractivity contribution in [3.63, 3.8) is 0 Å². The van der Waals surface area contributed by atoms with E-state index < -0.39 is 36.6 Å². The Balaban J connectivity index is 1.54. The highest BCUT2D eigenvalue weighted by atomic mass is 19.4. The maximum atomic E-state index is 12.9. The second-order valence-electron chi connectivity index (χ2n) is 7.12. The van der Waals surface area contributed by atoms with Crippen LogP contribution < -0.4 is 5.32 Å². The lowest BCUT2D eigenvalue weighted by molar-refractivity contribution is -0.187. The first kappa shape index (κ1) is 16.4. The number of amides is 2. The smallest absolute Gasteiger partial charge is 0.394 e. The van der Waals surface area contributed by atoms with E-state index in [1.807, 2.05) is 0 Å². The van der Waals surface area contributed by atoms with Gasteiger partial charge in [-0.15, -0.1) is 0 Å². The van der Waals surface area contributed by atoms with Crippen LogP contribution in [0.2, 0.25) is 0 Å². The molecule has 2 aliphatic carbocycles. The first-order valence-corrected chi connectivity index (χ1v) is 8.08. The van der Waals surface area contributed by atoms with Gasteiger partial charge in [0, 0.05) is 19.6 Å². The first-order chi connectivity index (χ1) is 10.8. The summed E-state index contributed by atoms with van der Waals surface area (Å²) >= 11 is 0. The van der Waals surface area contributed by atoms with Crippen molar-refractivity contribution in [2.45, 2.75) is 31.9 Å². The van der Waals surface area contributed by atoms with E-state index in [4.69, 9.17) is 5.11 Å². The molecule has 8 heteroatoms. The van der Waals surface area contributed by atoms with Crippen LogP contribution in [-0.2, 0) is 4.79 Å². The quantitative estimate of drug-likeness (QED) is 0.832. The average molecular weight is 334 g/mol. The van der Waals surface area contributed by atoms with E-state index in [1.54, 1.807) is 0 Å². The number of nitrogens with one attached hydrogen (secondary N) is 1. The molecule has 0 aromatic carbocycles. The number of carboxylic acids is 1. The Morgan fingerprint density at radius 3 is 2.39 bits per heavy atom. The number of carbonyl (C=O) groups is 2. The largest absolute Gasteiger partial charge is 0.481 e. The SMILES string of the molecule is O=C(O)[C@@H]1CN(C(=O)NCC2CC3CCC2C3)C[C@H]1C(F)(F)F. The summed E-state index contributed by atoms with van der Waals surface area (Å²) in [5.41, 5.74) is 0. The van der Waals surface area contributed by atoms with Crippen molar-refractivity contribution in [1.82, 2.24) is 10.2 Å². The van der Waals surface area contributed by atoms with Crippen LogP contribution in [0.4, 0.5) is 18.0 Å². The Labute approximate surface area is 132 Å². The fraction of sp³-hybridized carbons (Fsp3) is 0.867. The zero-order valence-corrected chi connectivity index (χ0v) is 12.7. The van der Waals surface area contributed by atoms with Gasteiger partial charge in [0.25, 0.3) is 0 Å². The number of carbonyl (C=O) groups excluding carboxylic acids is 1. The van der Waals surface area contributed by atoms with Gasteiger partial charge < -0.3 is 15.3 Å². The van der Waals surface area contributed by atoms with Crippen molar-refractivity contribution in [2.75, 3.05) is 19.6 Å². The molecule has 2 amide bonds. The Bertz CT molecular complexity index is 497. The second-order valence-corrected chi connectivity index (χ2v) is 7.12. The van der Waals surface area contributed by atoms with Crippen molar-refractivity contribution in [3.8, 4) is 0 Å². The zero-order chi connectivity index (χ0) is 16.8. The summed E-state index contributed by atoms with van der Waals surface area (Å²) in [4.78, 5) is 24.1. The van der Waals surface area contributed by atoms with Crippen molar-refractivity contribution >= 4 is 12.0 Å². The third-order valence-electron chi connectivity index (χ3n) is 5.74. The third-order valence-corrected chi connectivity index (χ3v) is 5.74. The second kappa shape index (κ2) is 5.87. The minimum Gasteiger partial charge on any atom is -0.481 e. The fourth-order valence-electron chi connectivity index (χ4n) is 4.51. The topological polar surface area (TPSA) is 69.6 Å². The monoisotopic (exact) mass is 334 g/mol. The lowest BCUT2D eigenvalue weighted by Gasteiger charge is -2.24. The van der Waals surface area contributed by atoms with Crippen LogP contribution in [-0.4, -0.2) is 47.8 Å². The standard InChI is InChI=1S/C15H21F3N2O3/c16-15(17,18)12-7-20(6-11(12)13(21)22)14(23)19-5-10-4-8-1-2-9(10)3-8/h8-12H,1-7H2,(H,19,23)(H,21,22)/t8?,9?,10?,11-,12-/m1/s1. The molecule has 3 rings (SSSR count). The van der Waals surface area contributed by atoms with E-state index in [0.29, 0.717) is 18.4 Å². The molecule has 1 aliphatic heterocycles.